The van der Waals surface area contributed by atoms with E-state index >= 15 is 0 Å². The first kappa shape index (κ1) is 15.0. The SMILES string of the molecule is Cc1ccc(C(C)(C)CC(=O)NCC2(O)CCC2)cc1. The number of benzene rings is 1. The zero-order valence-corrected chi connectivity index (χ0v) is 12.7. The van der Waals surface area contributed by atoms with Gasteiger partial charge in [-0.15, -0.1) is 0 Å². The molecule has 0 aromatic heterocycles. The van der Waals surface area contributed by atoms with E-state index in [0.29, 0.717) is 13.0 Å². The fraction of sp³-hybridized carbons (Fsp3) is 0.588. The molecule has 0 bridgehead atoms. The molecule has 0 spiro atoms. The first-order chi connectivity index (χ1) is 9.31. The van der Waals surface area contributed by atoms with Gasteiger partial charge in [0, 0.05) is 13.0 Å². The molecule has 0 unspecified atom stereocenters. The zero-order valence-electron chi connectivity index (χ0n) is 12.7. The van der Waals surface area contributed by atoms with Crippen molar-refractivity contribution in [3.05, 3.63) is 35.4 Å². The van der Waals surface area contributed by atoms with E-state index in [1.165, 1.54) is 11.1 Å². The molecular weight excluding hydrogens is 250 g/mol. The Balaban J connectivity index is 1.90. The molecule has 0 atom stereocenters. The van der Waals surface area contributed by atoms with Crippen LogP contribution in [-0.4, -0.2) is 23.2 Å². The van der Waals surface area contributed by atoms with Gasteiger partial charge in [-0.25, -0.2) is 0 Å². The van der Waals surface area contributed by atoms with Crippen molar-refractivity contribution in [2.24, 2.45) is 0 Å². The summed E-state index contributed by atoms with van der Waals surface area (Å²) in [7, 11) is 0. The molecule has 3 nitrogen and oxygen atoms in total. The van der Waals surface area contributed by atoms with Gasteiger partial charge in [-0.1, -0.05) is 43.7 Å². The highest BCUT2D eigenvalue weighted by atomic mass is 16.3. The van der Waals surface area contributed by atoms with Crippen molar-refractivity contribution in [1.29, 1.82) is 0 Å². The Kier molecular flexibility index (Phi) is 4.19. The second-order valence-electron chi connectivity index (χ2n) is 6.78. The summed E-state index contributed by atoms with van der Waals surface area (Å²) in [5.41, 5.74) is 1.55. The first-order valence-corrected chi connectivity index (χ1v) is 7.37. The summed E-state index contributed by atoms with van der Waals surface area (Å²) in [5.74, 6) is 0.0101. The molecule has 2 rings (SSSR count). The van der Waals surface area contributed by atoms with Crippen LogP contribution in [0.15, 0.2) is 24.3 Å². The van der Waals surface area contributed by atoms with Gasteiger partial charge < -0.3 is 10.4 Å². The fourth-order valence-corrected chi connectivity index (χ4v) is 2.60. The Morgan fingerprint density at radius 2 is 1.90 bits per heavy atom. The van der Waals surface area contributed by atoms with E-state index < -0.39 is 5.60 Å². The fourth-order valence-electron chi connectivity index (χ4n) is 2.60. The molecular formula is C17H25NO2. The lowest BCUT2D eigenvalue weighted by Gasteiger charge is -2.37. The standard InChI is InChI=1S/C17H25NO2/c1-13-5-7-14(8-6-13)16(2,3)11-15(19)18-12-17(20)9-4-10-17/h5-8,20H,4,9-12H2,1-3H3,(H,18,19). The molecule has 1 aromatic carbocycles. The molecule has 0 aliphatic heterocycles. The predicted molar refractivity (Wildman–Crippen MR) is 80.6 cm³/mol. The van der Waals surface area contributed by atoms with Crippen LogP contribution >= 0.6 is 0 Å². The number of hydrogen-bond donors (Lipinski definition) is 2. The van der Waals surface area contributed by atoms with Gasteiger partial charge in [0.05, 0.1) is 5.60 Å². The Morgan fingerprint density at radius 1 is 1.30 bits per heavy atom. The number of amides is 1. The molecule has 1 fully saturated rings. The van der Waals surface area contributed by atoms with Crippen LogP contribution in [0.25, 0.3) is 0 Å². The second-order valence-corrected chi connectivity index (χ2v) is 6.78. The van der Waals surface area contributed by atoms with Gasteiger partial charge in [-0.2, -0.15) is 0 Å². The average Bonchev–Trinajstić information content (AvgIpc) is 2.34. The second kappa shape index (κ2) is 5.57. The van der Waals surface area contributed by atoms with Crippen molar-refractivity contribution < 1.29 is 9.90 Å². The molecule has 20 heavy (non-hydrogen) atoms. The predicted octanol–water partition coefficient (Wildman–Crippen LogP) is 2.69. The summed E-state index contributed by atoms with van der Waals surface area (Å²) < 4.78 is 0. The Labute approximate surface area is 121 Å². The minimum Gasteiger partial charge on any atom is -0.388 e. The van der Waals surface area contributed by atoms with Crippen molar-refractivity contribution in [1.82, 2.24) is 5.32 Å². The molecule has 1 aromatic rings. The van der Waals surface area contributed by atoms with Gasteiger partial charge >= 0.3 is 0 Å². The number of aliphatic hydroxyl groups is 1. The van der Waals surface area contributed by atoms with Crippen LogP contribution < -0.4 is 5.32 Å². The van der Waals surface area contributed by atoms with Gasteiger partial charge in [0.25, 0.3) is 0 Å². The van der Waals surface area contributed by atoms with E-state index in [2.05, 4.69) is 50.4 Å². The van der Waals surface area contributed by atoms with E-state index in [1.807, 2.05) is 0 Å². The van der Waals surface area contributed by atoms with E-state index in [4.69, 9.17) is 0 Å². The maximum atomic E-state index is 12.1. The molecule has 2 N–H and O–H groups in total. The van der Waals surface area contributed by atoms with Crippen LogP contribution in [0.3, 0.4) is 0 Å². The van der Waals surface area contributed by atoms with Gasteiger partial charge in [0.1, 0.15) is 0 Å². The van der Waals surface area contributed by atoms with Crippen LogP contribution in [0.4, 0.5) is 0 Å². The number of carbonyl (C=O) groups excluding carboxylic acids is 1. The van der Waals surface area contributed by atoms with Gasteiger partial charge in [-0.05, 0) is 37.2 Å². The number of nitrogens with one attached hydrogen (secondary N) is 1. The smallest absolute Gasteiger partial charge is 0.220 e. The third-order valence-corrected chi connectivity index (χ3v) is 4.33. The Hall–Kier alpha value is -1.35. The molecule has 1 aliphatic carbocycles. The largest absolute Gasteiger partial charge is 0.388 e. The summed E-state index contributed by atoms with van der Waals surface area (Å²) in [4.78, 5) is 12.1. The van der Waals surface area contributed by atoms with Gasteiger partial charge in [0.15, 0.2) is 0 Å². The zero-order chi connectivity index (χ0) is 14.8. The highest BCUT2D eigenvalue weighted by molar-refractivity contribution is 5.77. The van der Waals surface area contributed by atoms with Crippen molar-refractivity contribution >= 4 is 5.91 Å². The average molecular weight is 275 g/mol. The first-order valence-electron chi connectivity index (χ1n) is 7.37. The third-order valence-electron chi connectivity index (χ3n) is 4.33. The summed E-state index contributed by atoms with van der Waals surface area (Å²) in [6.45, 7) is 6.60. The summed E-state index contributed by atoms with van der Waals surface area (Å²) in [5, 5.41) is 12.9. The van der Waals surface area contributed by atoms with Crippen molar-refractivity contribution in [2.45, 2.75) is 57.5 Å². The summed E-state index contributed by atoms with van der Waals surface area (Å²) >= 11 is 0. The number of aryl methyl sites for hydroxylation is 1. The molecule has 1 saturated carbocycles. The van der Waals surface area contributed by atoms with Crippen LogP contribution in [0.5, 0.6) is 0 Å². The molecule has 0 heterocycles. The minimum atomic E-state index is -0.649. The van der Waals surface area contributed by atoms with Crippen LogP contribution in [0, 0.1) is 6.92 Å². The van der Waals surface area contributed by atoms with E-state index in [1.54, 1.807) is 0 Å². The Bertz CT molecular complexity index is 472. The number of carbonyl (C=O) groups is 1. The maximum Gasteiger partial charge on any atom is 0.220 e. The molecule has 0 radical (unpaired) electrons. The highest BCUT2D eigenvalue weighted by Crippen LogP contribution is 2.31. The maximum absolute atomic E-state index is 12.1. The lowest BCUT2D eigenvalue weighted by molar-refractivity contribution is -0.124. The van der Waals surface area contributed by atoms with Crippen LogP contribution in [0.1, 0.15) is 50.7 Å². The molecule has 1 amide bonds. The van der Waals surface area contributed by atoms with Gasteiger partial charge in [0.2, 0.25) is 5.91 Å². The lowest BCUT2D eigenvalue weighted by Crippen LogP contribution is -2.48. The normalized spacial score (nSPS) is 17.4. The van der Waals surface area contributed by atoms with Crippen molar-refractivity contribution in [3.8, 4) is 0 Å². The van der Waals surface area contributed by atoms with Crippen molar-refractivity contribution in [3.63, 3.8) is 0 Å². The summed E-state index contributed by atoms with van der Waals surface area (Å²) in [6, 6.07) is 8.32. The van der Waals surface area contributed by atoms with Crippen LogP contribution in [0.2, 0.25) is 0 Å². The topological polar surface area (TPSA) is 49.3 Å². The van der Waals surface area contributed by atoms with Crippen molar-refractivity contribution in [2.75, 3.05) is 6.54 Å². The molecule has 1 aliphatic rings. The van der Waals surface area contributed by atoms with Gasteiger partial charge in [-0.3, -0.25) is 4.79 Å². The molecule has 0 saturated heterocycles. The van der Waals surface area contributed by atoms with E-state index in [-0.39, 0.29) is 11.3 Å². The summed E-state index contributed by atoms with van der Waals surface area (Å²) in [6.07, 6.45) is 3.09. The quantitative estimate of drug-likeness (QED) is 0.868. The third kappa shape index (κ3) is 3.60. The highest BCUT2D eigenvalue weighted by Gasteiger charge is 2.35. The monoisotopic (exact) mass is 275 g/mol. The van der Waals surface area contributed by atoms with Crippen LogP contribution in [-0.2, 0) is 10.2 Å². The molecule has 110 valence electrons. The minimum absolute atomic E-state index is 0.0101. The lowest BCUT2D eigenvalue weighted by atomic mass is 9.79. The van der Waals surface area contributed by atoms with E-state index in [9.17, 15) is 9.90 Å². The van der Waals surface area contributed by atoms with E-state index in [0.717, 1.165) is 19.3 Å². The Morgan fingerprint density at radius 3 is 2.40 bits per heavy atom. The number of rotatable bonds is 5. The number of hydrogen-bond acceptors (Lipinski definition) is 2. The molecule has 3 heteroatoms.